The van der Waals surface area contributed by atoms with Crippen LogP contribution in [0.25, 0.3) is 0 Å². The van der Waals surface area contributed by atoms with Crippen molar-refractivity contribution in [1.82, 2.24) is 0 Å². The van der Waals surface area contributed by atoms with Crippen LogP contribution in [0.15, 0.2) is 24.3 Å². The molecule has 0 fully saturated rings. The van der Waals surface area contributed by atoms with Crippen molar-refractivity contribution < 1.29 is 28.9 Å². The molecule has 116 valence electrons. The number of esters is 2. The smallest absolute Gasteiger partial charge is 0.323 e. The van der Waals surface area contributed by atoms with Gasteiger partial charge in [-0.3, -0.25) is 9.59 Å². The normalized spacial score (nSPS) is 11.9. The van der Waals surface area contributed by atoms with Crippen LogP contribution >= 0.6 is 0 Å². The molecule has 1 aromatic rings. The second kappa shape index (κ2) is 8.26. The van der Waals surface area contributed by atoms with E-state index in [0.717, 1.165) is 0 Å². The molecule has 0 aliphatic carbocycles. The predicted molar refractivity (Wildman–Crippen MR) is 74.7 cm³/mol. The van der Waals surface area contributed by atoms with Crippen molar-refractivity contribution in [3.63, 3.8) is 0 Å². The van der Waals surface area contributed by atoms with Crippen LogP contribution in [0.3, 0.4) is 0 Å². The van der Waals surface area contributed by atoms with Crippen molar-refractivity contribution in [3.8, 4) is 5.75 Å². The van der Waals surface area contributed by atoms with E-state index in [1.807, 2.05) is 0 Å². The Morgan fingerprint density at radius 2 is 1.52 bits per heavy atom. The van der Waals surface area contributed by atoms with Gasteiger partial charge in [-0.1, -0.05) is 12.1 Å². The lowest BCUT2D eigenvalue weighted by Gasteiger charge is -2.20. The number of rotatable bonds is 7. The summed E-state index contributed by atoms with van der Waals surface area (Å²) in [5.41, 5.74) is 0.405. The highest BCUT2D eigenvalue weighted by Gasteiger charge is 2.37. The number of aliphatic hydroxyl groups is 1. The van der Waals surface area contributed by atoms with Crippen molar-refractivity contribution in [2.45, 2.75) is 20.0 Å². The van der Waals surface area contributed by atoms with Crippen LogP contribution in [0.4, 0.5) is 0 Å². The molecule has 1 aromatic carbocycles. The summed E-state index contributed by atoms with van der Waals surface area (Å²) >= 11 is 0. The maximum Gasteiger partial charge on any atom is 0.323 e. The van der Waals surface area contributed by atoms with Crippen molar-refractivity contribution in [3.05, 3.63) is 29.8 Å². The molecule has 6 nitrogen and oxygen atoms in total. The Bertz CT molecular complexity index is 450. The van der Waals surface area contributed by atoms with Gasteiger partial charge in [-0.2, -0.15) is 0 Å². The molecule has 21 heavy (non-hydrogen) atoms. The van der Waals surface area contributed by atoms with Crippen LogP contribution < -0.4 is 4.74 Å². The predicted octanol–water partition coefficient (Wildman–Crippen LogP) is 1.47. The van der Waals surface area contributed by atoms with E-state index in [9.17, 15) is 14.7 Å². The van der Waals surface area contributed by atoms with E-state index >= 15 is 0 Å². The molecule has 1 rings (SSSR count). The van der Waals surface area contributed by atoms with Gasteiger partial charge < -0.3 is 19.3 Å². The molecule has 0 spiro atoms. The lowest BCUT2D eigenvalue weighted by Crippen LogP contribution is -2.33. The molecule has 1 unspecified atom stereocenters. The van der Waals surface area contributed by atoms with E-state index in [-0.39, 0.29) is 13.2 Å². The zero-order valence-electron chi connectivity index (χ0n) is 12.4. The number of hydrogen-bond donors (Lipinski definition) is 1. The van der Waals surface area contributed by atoms with Crippen LogP contribution in [-0.4, -0.2) is 37.4 Å². The van der Waals surface area contributed by atoms with E-state index in [1.54, 1.807) is 38.1 Å². The van der Waals surface area contributed by atoms with E-state index in [2.05, 4.69) is 0 Å². The molecule has 0 amide bonds. The highest BCUT2D eigenvalue weighted by atomic mass is 16.6. The molecule has 1 N–H and O–H groups in total. The van der Waals surface area contributed by atoms with Crippen LogP contribution in [-0.2, 0) is 19.1 Å². The largest absolute Gasteiger partial charge is 0.497 e. The number of aliphatic hydroxyl groups excluding tert-OH is 1. The third-order valence-electron chi connectivity index (χ3n) is 2.85. The Morgan fingerprint density at radius 3 is 1.90 bits per heavy atom. The molecule has 0 aliphatic rings. The second-order valence-corrected chi connectivity index (χ2v) is 4.20. The fourth-order valence-corrected chi connectivity index (χ4v) is 1.81. The number of carbonyl (C=O) groups excluding carboxylic acids is 2. The van der Waals surface area contributed by atoms with Gasteiger partial charge in [-0.05, 0) is 31.5 Å². The summed E-state index contributed by atoms with van der Waals surface area (Å²) in [6.07, 6.45) is -1.34. The summed E-state index contributed by atoms with van der Waals surface area (Å²) in [5.74, 6) is -2.41. The van der Waals surface area contributed by atoms with Crippen LogP contribution in [0, 0.1) is 5.92 Å². The maximum atomic E-state index is 11.9. The Hall–Kier alpha value is -2.08. The Kier molecular flexibility index (Phi) is 6.68. The monoisotopic (exact) mass is 296 g/mol. The van der Waals surface area contributed by atoms with E-state index < -0.39 is 24.0 Å². The first-order valence-electron chi connectivity index (χ1n) is 6.70. The summed E-state index contributed by atoms with van der Waals surface area (Å²) in [4.78, 5) is 23.8. The topological polar surface area (TPSA) is 82.1 Å². The second-order valence-electron chi connectivity index (χ2n) is 4.20. The molecule has 0 aromatic heterocycles. The lowest BCUT2D eigenvalue weighted by molar-refractivity contribution is -0.167. The van der Waals surface area contributed by atoms with E-state index in [0.29, 0.717) is 11.3 Å². The van der Waals surface area contributed by atoms with E-state index in [1.165, 1.54) is 7.11 Å². The lowest BCUT2D eigenvalue weighted by atomic mass is 9.95. The van der Waals surface area contributed by atoms with Crippen LogP contribution in [0.2, 0.25) is 0 Å². The van der Waals surface area contributed by atoms with Gasteiger partial charge in [0.25, 0.3) is 0 Å². The van der Waals surface area contributed by atoms with Gasteiger partial charge in [0.15, 0.2) is 5.92 Å². The Labute approximate surface area is 123 Å². The fourth-order valence-electron chi connectivity index (χ4n) is 1.81. The number of benzene rings is 1. The molecular formula is C15H20O6. The average Bonchev–Trinajstić information content (AvgIpc) is 2.48. The average molecular weight is 296 g/mol. The first-order chi connectivity index (χ1) is 10.0. The van der Waals surface area contributed by atoms with Crippen LogP contribution in [0.1, 0.15) is 25.5 Å². The standard InChI is InChI=1S/C15H20O6/c1-4-20-14(17)12(15(18)21-5-2)13(16)10-6-8-11(19-3)9-7-10/h6-9,12-13,16H,4-5H2,1-3H3. The number of hydrogen-bond acceptors (Lipinski definition) is 6. The number of ether oxygens (including phenoxy) is 3. The Morgan fingerprint density at radius 1 is 1.05 bits per heavy atom. The molecule has 0 heterocycles. The minimum atomic E-state index is -1.40. The zero-order chi connectivity index (χ0) is 15.8. The van der Waals surface area contributed by atoms with Gasteiger partial charge in [0.2, 0.25) is 0 Å². The zero-order valence-corrected chi connectivity index (χ0v) is 12.4. The number of carbonyl (C=O) groups is 2. The summed E-state index contributed by atoms with van der Waals surface area (Å²) in [5, 5.41) is 10.3. The molecular weight excluding hydrogens is 276 g/mol. The highest BCUT2D eigenvalue weighted by molar-refractivity contribution is 5.95. The van der Waals surface area contributed by atoms with Crippen molar-refractivity contribution in [2.75, 3.05) is 20.3 Å². The van der Waals surface area contributed by atoms with E-state index in [4.69, 9.17) is 14.2 Å². The molecule has 1 atom stereocenters. The van der Waals surface area contributed by atoms with Crippen molar-refractivity contribution >= 4 is 11.9 Å². The van der Waals surface area contributed by atoms with Gasteiger partial charge in [-0.25, -0.2) is 0 Å². The van der Waals surface area contributed by atoms with Gasteiger partial charge in [0.05, 0.1) is 20.3 Å². The number of methoxy groups -OCH3 is 1. The molecule has 0 bridgehead atoms. The minimum absolute atomic E-state index is 0.115. The van der Waals surface area contributed by atoms with Gasteiger partial charge in [0, 0.05) is 0 Å². The molecule has 0 aliphatic heterocycles. The third kappa shape index (κ3) is 4.46. The minimum Gasteiger partial charge on any atom is -0.497 e. The molecule has 0 saturated carbocycles. The van der Waals surface area contributed by atoms with Gasteiger partial charge >= 0.3 is 11.9 Å². The highest BCUT2D eigenvalue weighted by Crippen LogP contribution is 2.26. The summed E-state index contributed by atoms with van der Waals surface area (Å²) < 4.78 is 14.7. The fraction of sp³-hybridized carbons (Fsp3) is 0.467. The molecule has 0 saturated heterocycles. The van der Waals surface area contributed by atoms with Crippen molar-refractivity contribution in [2.24, 2.45) is 5.92 Å². The van der Waals surface area contributed by atoms with Gasteiger partial charge in [0.1, 0.15) is 11.9 Å². The SMILES string of the molecule is CCOC(=O)C(C(=O)OCC)C(O)c1ccc(OC)cc1. The maximum absolute atomic E-state index is 11.9. The van der Waals surface area contributed by atoms with Crippen LogP contribution in [0.5, 0.6) is 5.75 Å². The quantitative estimate of drug-likeness (QED) is 0.606. The third-order valence-corrected chi connectivity index (χ3v) is 2.85. The Balaban J connectivity index is 2.99. The molecule has 6 heteroatoms. The van der Waals surface area contributed by atoms with Crippen molar-refractivity contribution in [1.29, 1.82) is 0 Å². The summed E-state index contributed by atoms with van der Waals surface area (Å²) in [6, 6.07) is 6.42. The first kappa shape index (κ1) is 17.0. The van der Waals surface area contributed by atoms with Gasteiger partial charge in [-0.15, -0.1) is 0 Å². The first-order valence-corrected chi connectivity index (χ1v) is 6.70. The summed E-state index contributed by atoms with van der Waals surface area (Å²) in [7, 11) is 1.52. The summed E-state index contributed by atoms with van der Waals surface area (Å²) in [6.45, 7) is 3.48. The molecule has 0 radical (unpaired) electrons.